The minimum atomic E-state index is 0.0187. The summed E-state index contributed by atoms with van der Waals surface area (Å²) in [6.45, 7) is 12.7. The Kier molecular flexibility index (Phi) is 45.0. The van der Waals surface area contributed by atoms with Gasteiger partial charge < -0.3 is 19.5 Å². The van der Waals surface area contributed by atoms with Gasteiger partial charge in [-0.2, -0.15) is 0 Å². The first-order valence-electron chi connectivity index (χ1n) is 25.7. The predicted molar refractivity (Wildman–Crippen MR) is 246 cm³/mol. The molecule has 0 aliphatic carbocycles. The quantitative estimate of drug-likeness (QED) is 0.0487. The first-order chi connectivity index (χ1) is 28.0. The van der Waals surface area contributed by atoms with Crippen LogP contribution in [0.25, 0.3) is 0 Å². The summed E-state index contributed by atoms with van der Waals surface area (Å²) in [6.07, 6.45) is 45.1. The molecule has 1 N–H and O–H groups in total. The van der Waals surface area contributed by atoms with E-state index in [2.05, 4.69) is 32.6 Å². The number of aliphatic hydroxyl groups excluding tert-OH is 1. The number of rotatable bonds is 47. The normalized spacial score (nSPS) is 12.2. The molecule has 1 atom stereocenters. The molecule has 0 bridgehead atoms. The van der Waals surface area contributed by atoms with Crippen LogP contribution >= 0.6 is 0 Å². The van der Waals surface area contributed by atoms with E-state index in [9.17, 15) is 14.7 Å². The highest BCUT2D eigenvalue weighted by molar-refractivity contribution is 5.72. The van der Waals surface area contributed by atoms with E-state index < -0.39 is 0 Å². The Morgan fingerprint density at radius 2 is 0.807 bits per heavy atom. The third-order valence-electron chi connectivity index (χ3n) is 12.1. The van der Waals surface area contributed by atoms with Gasteiger partial charge in [-0.25, -0.2) is 0 Å². The van der Waals surface area contributed by atoms with E-state index in [-0.39, 0.29) is 30.6 Å². The van der Waals surface area contributed by atoms with Crippen LogP contribution in [0.2, 0.25) is 0 Å². The molecule has 0 radical (unpaired) electrons. The van der Waals surface area contributed by atoms with Crippen LogP contribution in [0.4, 0.5) is 0 Å². The summed E-state index contributed by atoms with van der Waals surface area (Å²) in [6, 6.07) is 0. The van der Waals surface area contributed by atoms with E-state index >= 15 is 0 Å². The zero-order chi connectivity index (χ0) is 41.7. The van der Waals surface area contributed by atoms with Crippen molar-refractivity contribution in [3.05, 3.63) is 0 Å². The van der Waals surface area contributed by atoms with E-state index in [1.54, 1.807) is 0 Å². The van der Waals surface area contributed by atoms with Crippen LogP contribution < -0.4 is 0 Å². The monoisotopic (exact) mass is 808 g/mol. The maximum Gasteiger partial charge on any atom is 0.308 e. The molecule has 6 heteroatoms. The minimum Gasteiger partial charge on any atom is -0.465 e. The Hall–Kier alpha value is -1.14. The molecule has 57 heavy (non-hydrogen) atoms. The first kappa shape index (κ1) is 55.9. The molecule has 0 aromatic rings. The number of carbonyl (C=O) groups excluding carboxylic acids is 2. The fourth-order valence-corrected chi connectivity index (χ4v) is 8.23. The van der Waals surface area contributed by atoms with Crippen molar-refractivity contribution in [2.45, 2.75) is 278 Å². The van der Waals surface area contributed by atoms with Gasteiger partial charge in [0, 0.05) is 13.0 Å². The number of hydrogen-bond donors (Lipinski definition) is 1. The smallest absolute Gasteiger partial charge is 0.308 e. The predicted octanol–water partition coefficient (Wildman–Crippen LogP) is 15.3. The summed E-state index contributed by atoms with van der Waals surface area (Å²) < 4.78 is 11.8. The second-order valence-corrected chi connectivity index (χ2v) is 17.7. The third kappa shape index (κ3) is 40.1. The number of ether oxygens (including phenoxy) is 2. The van der Waals surface area contributed by atoms with Gasteiger partial charge in [0.15, 0.2) is 0 Å². The SMILES string of the molecule is CCCCCCCCC(CCCCCCCC)OC(=O)CCCCCCCN(CCO)CCCCCCCCOC(=O)C(CCCCCC)CCCCCCCC. The molecule has 0 aromatic heterocycles. The average Bonchev–Trinajstić information content (AvgIpc) is 3.21. The number of hydrogen-bond acceptors (Lipinski definition) is 6. The summed E-state index contributed by atoms with van der Waals surface area (Å²) in [7, 11) is 0. The largest absolute Gasteiger partial charge is 0.465 e. The standard InChI is InChI=1S/C51H101NO5/c1-5-9-13-17-23-31-39-48(38-30-16-12-8-4)51(55)56-47-37-29-21-20-27-35-43-52(45-46-53)44-36-28-22-26-34-42-50(54)57-49(40-32-24-18-14-10-6-2)41-33-25-19-15-11-7-3/h48-49,53H,5-47H2,1-4H3. The molecular formula is C51H101NO5. The molecule has 0 aromatic carbocycles. The van der Waals surface area contributed by atoms with Crippen LogP contribution in [-0.2, 0) is 19.1 Å². The Labute approximate surface area is 356 Å². The van der Waals surface area contributed by atoms with E-state index in [4.69, 9.17) is 9.47 Å². The fourth-order valence-electron chi connectivity index (χ4n) is 8.23. The molecule has 0 saturated carbocycles. The summed E-state index contributed by atoms with van der Waals surface area (Å²) in [5.41, 5.74) is 0. The molecule has 0 rings (SSSR count). The Morgan fingerprint density at radius 3 is 1.26 bits per heavy atom. The molecule has 1 unspecified atom stereocenters. The molecule has 0 heterocycles. The Balaban J connectivity index is 4.13. The highest BCUT2D eigenvalue weighted by Gasteiger charge is 2.19. The Morgan fingerprint density at radius 1 is 0.439 bits per heavy atom. The third-order valence-corrected chi connectivity index (χ3v) is 12.1. The van der Waals surface area contributed by atoms with Crippen LogP contribution in [0.1, 0.15) is 272 Å². The van der Waals surface area contributed by atoms with Crippen molar-refractivity contribution in [1.29, 1.82) is 0 Å². The lowest BCUT2D eigenvalue weighted by Gasteiger charge is -2.21. The van der Waals surface area contributed by atoms with Crippen molar-refractivity contribution >= 4 is 11.9 Å². The van der Waals surface area contributed by atoms with Gasteiger partial charge in [0.2, 0.25) is 0 Å². The van der Waals surface area contributed by atoms with E-state index in [1.165, 1.54) is 161 Å². The molecule has 0 saturated heterocycles. The summed E-state index contributed by atoms with van der Waals surface area (Å²) in [4.78, 5) is 28.1. The van der Waals surface area contributed by atoms with Gasteiger partial charge in [0.25, 0.3) is 0 Å². The summed E-state index contributed by atoms with van der Waals surface area (Å²) >= 11 is 0. The summed E-state index contributed by atoms with van der Waals surface area (Å²) in [5, 5.41) is 9.63. The van der Waals surface area contributed by atoms with Gasteiger partial charge in [-0.3, -0.25) is 9.59 Å². The molecule has 340 valence electrons. The lowest BCUT2D eigenvalue weighted by atomic mass is 9.94. The van der Waals surface area contributed by atoms with Crippen LogP contribution in [0, 0.1) is 5.92 Å². The van der Waals surface area contributed by atoms with Crippen LogP contribution in [0.3, 0.4) is 0 Å². The number of unbranched alkanes of at least 4 members (excludes halogenated alkanes) is 27. The topological polar surface area (TPSA) is 76.1 Å². The Bertz CT molecular complexity index is 805. The number of esters is 2. The van der Waals surface area contributed by atoms with Crippen molar-refractivity contribution in [3.63, 3.8) is 0 Å². The van der Waals surface area contributed by atoms with Gasteiger partial charge in [0.1, 0.15) is 6.10 Å². The fraction of sp³-hybridized carbons (Fsp3) is 0.961. The average molecular weight is 808 g/mol. The van der Waals surface area contributed by atoms with Crippen molar-refractivity contribution < 1.29 is 24.2 Å². The van der Waals surface area contributed by atoms with Crippen molar-refractivity contribution in [1.82, 2.24) is 4.90 Å². The van der Waals surface area contributed by atoms with Gasteiger partial charge in [-0.1, -0.05) is 201 Å². The number of aliphatic hydroxyl groups is 1. The second kappa shape index (κ2) is 45.9. The molecule has 0 aliphatic rings. The van der Waals surface area contributed by atoms with Crippen LogP contribution in [0.5, 0.6) is 0 Å². The molecule has 0 fully saturated rings. The maximum atomic E-state index is 12.9. The molecule has 6 nitrogen and oxygen atoms in total. The second-order valence-electron chi connectivity index (χ2n) is 17.7. The van der Waals surface area contributed by atoms with E-state index in [0.717, 1.165) is 96.7 Å². The van der Waals surface area contributed by atoms with Gasteiger partial charge in [0.05, 0.1) is 19.1 Å². The summed E-state index contributed by atoms with van der Waals surface area (Å²) in [5.74, 6) is 0.179. The van der Waals surface area contributed by atoms with Crippen molar-refractivity contribution in [2.75, 3.05) is 32.8 Å². The van der Waals surface area contributed by atoms with Gasteiger partial charge >= 0.3 is 11.9 Å². The van der Waals surface area contributed by atoms with Gasteiger partial charge in [-0.15, -0.1) is 0 Å². The molecule has 0 spiro atoms. The molecular weight excluding hydrogens is 707 g/mol. The minimum absolute atomic E-state index is 0.0187. The van der Waals surface area contributed by atoms with Gasteiger partial charge in [-0.05, 0) is 77.3 Å². The van der Waals surface area contributed by atoms with E-state index in [0.29, 0.717) is 13.0 Å². The number of carbonyl (C=O) groups is 2. The van der Waals surface area contributed by atoms with Crippen LogP contribution in [0.15, 0.2) is 0 Å². The maximum absolute atomic E-state index is 12.9. The zero-order valence-electron chi connectivity index (χ0n) is 39.1. The van der Waals surface area contributed by atoms with Crippen molar-refractivity contribution in [2.24, 2.45) is 5.92 Å². The lowest BCUT2D eigenvalue weighted by Crippen LogP contribution is -2.29. The highest BCUT2D eigenvalue weighted by Crippen LogP contribution is 2.22. The van der Waals surface area contributed by atoms with Crippen LogP contribution in [-0.4, -0.2) is 60.9 Å². The zero-order valence-corrected chi connectivity index (χ0v) is 39.1. The number of nitrogens with zero attached hydrogens (tertiary/aromatic N) is 1. The highest BCUT2D eigenvalue weighted by atomic mass is 16.5. The van der Waals surface area contributed by atoms with Crippen molar-refractivity contribution in [3.8, 4) is 0 Å². The molecule has 0 aliphatic heterocycles. The first-order valence-corrected chi connectivity index (χ1v) is 25.7. The van der Waals surface area contributed by atoms with E-state index in [1.807, 2.05) is 0 Å². The lowest BCUT2D eigenvalue weighted by molar-refractivity contribution is -0.150. The molecule has 0 amide bonds.